The average molecular weight is 1220 g/mol. The van der Waals surface area contributed by atoms with Gasteiger partial charge in [0.15, 0.2) is 24.8 Å². The third-order valence-corrected chi connectivity index (χ3v) is 15.3. The van der Waals surface area contributed by atoms with Crippen LogP contribution in [0.4, 0.5) is 0 Å². The molecule has 4 amide bonds. The molecule has 0 atom stereocenters. The summed E-state index contributed by atoms with van der Waals surface area (Å²) in [5.74, 6) is -15.6. The fourth-order valence-electron chi connectivity index (χ4n) is 10.3. The third kappa shape index (κ3) is 30.3. The lowest BCUT2D eigenvalue weighted by Crippen LogP contribution is -2.54. The number of nitrogens with one attached hydrogen (secondary N) is 4. The second-order valence-corrected chi connectivity index (χ2v) is 21.9. The van der Waals surface area contributed by atoms with Gasteiger partial charge >= 0.3 is 53.7 Å². The Kier molecular flexibility index (Phi) is 31.6. The number of aryl methyl sites for hydroxylation is 2. The summed E-state index contributed by atoms with van der Waals surface area (Å²) in [6.07, 6.45) is -3.90. The molecule has 28 nitrogen and oxygen atoms in total. The van der Waals surface area contributed by atoms with E-state index in [1.165, 1.54) is 0 Å². The number of nitrogens with zero attached hydrogens (tertiary/aromatic N) is 2. The van der Waals surface area contributed by atoms with Gasteiger partial charge in [0.2, 0.25) is 23.6 Å². The number of unbranched alkanes of at least 4 members (excludes halogenated alkanes) is 2. The number of hydrogen-bond acceptors (Lipinski definition) is 13. The van der Waals surface area contributed by atoms with Crippen LogP contribution in [-0.2, 0) is 75.4 Å². The second-order valence-electron chi connectivity index (χ2n) is 21.9. The van der Waals surface area contributed by atoms with E-state index < -0.39 is 254 Å². The Bertz CT molecular complexity index is 2330. The largest absolute Gasteiger partial charge is 0.481 e. The highest BCUT2D eigenvalue weighted by Gasteiger charge is 2.40. The van der Waals surface area contributed by atoms with Crippen LogP contribution in [0, 0.1) is 0 Å². The van der Waals surface area contributed by atoms with E-state index in [0.717, 1.165) is 17.7 Å². The van der Waals surface area contributed by atoms with Crippen molar-refractivity contribution in [1.29, 1.82) is 0 Å². The van der Waals surface area contributed by atoms with Crippen molar-refractivity contribution in [2.75, 3.05) is 0 Å². The van der Waals surface area contributed by atoms with Crippen molar-refractivity contribution >= 4 is 77.4 Å². The molecule has 2 rings (SSSR count). The topological polar surface area (TPSA) is 460 Å². The molecule has 0 fully saturated rings. The summed E-state index contributed by atoms with van der Waals surface area (Å²) in [6.45, 7) is 3.41. The molecule has 0 unspecified atom stereocenters. The summed E-state index contributed by atoms with van der Waals surface area (Å²) in [4.78, 5) is 164. The number of carbonyl (C=O) groups is 13. The molecule has 0 aliphatic carbocycles. The van der Waals surface area contributed by atoms with Crippen molar-refractivity contribution in [2.45, 2.75) is 222 Å². The molecule has 2 heterocycles. The van der Waals surface area contributed by atoms with Crippen LogP contribution in [0.15, 0.2) is 49.1 Å². The maximum absolute atomic E-state index is 14.3. The van der Waals surface area contributed by atoms with E-state index >= 15 is 0 Å². The number of carbonyl (C=O) groups excluding carboxylic acids is 4. The van der Waals surface area contributed by atoms with Crippen molar-refractivity contribution < 1.29 is 117 Å². The van der Waals surface area contributed by atoms with Gasteiger partial charge in [0.05, 0.1) is 0 Å². The highest BCUT2D eigenvalue weighted by atomic mass is 16.4. The van der Waals surface area contributed by atoms with Crippen molar-refractivity contribution in [3.05, 3.63) is 49.1 Å². The zero-order valence-corrected chi connectivity index (χ0v) is 48.6. The fourth-order valence-corrected chi connectivity index (χ4v) is 10.3. The number of aromatic nitrogens is 2. The van der Waals surface area contributed by atoms with Gasteiger partial charge in [-0.25, -0.2) is 9.13 Å². The van der Waals surface area contributed by atoms with Crippen LogP contribution in [0.25, 0.3) is 11.1 Å². The van der Waals surface area contributed by atoms with E-state index in [-0.39, 0.29) is 12.8 Å². The minimum atomic E-state index is -1.83. The number of pyridine rings is 2. The smallest absolute Gasteiger partial charge is 0.303 e. The lowest BCUT2D eigenvalue weighted by atomic mass is 9.80. The Morgan fingerprint density at radius 2 is 0.512 bits per heavy atom. The number of amides is 4. The predicted molar refractivity (Wildman–Crippen MR) is 299 cm³/mol. The predicted octanol–water partition coefficient (Wildman–Crippen LogP) is 4.05. The molecular formula is C58H84N6O22+2. The molecule has 86 heavy (non-hydrogen) atoms. The molecule has 0 aromatic carbocycles. The van der Waals surface area contributed by atoms with E-state index in [2.05, 4.69) is 21.3 Å². The van der Waals surface area contributed by atoms with Crippen LogP contribution < -0.4 is 30.4 Å². The van der Waals surface area contributed by atoms with Crippen LogP contribution in [0.3, 0.4) is 0 Å². The van der Waals surface area contributed by atoms with Gasteiger partial charge in [-0.3, -0.25) is 62.3 Å². The molecule has 0 aliphatic heterocycles. The van der Waals surface area contributed by atoms with Gasteiger partial charge < -0.3 is 67.2 Å². The molecule has 2 aromatic heterocycles. The molecule has 13 N–H and O–H groups in total. The first-order valence-electron chi connectivity index (χ1n) is 28.6. The molecular weight excluding hydrogens is 1130 g/mol. The third-order valence-electron chi connectivity index (χ3n) is 15.3. The monoisotopic (exact) mass is 1220 g/mol. The zero-order chi connectivity index (χ0) is 64.5. The van der Waals surface area contributed by atoms with Crippen LogP contribution in [0.2, 0.25) is 0 Å². The Hall–Kier alpha value is -8.59. The van der Waals surface area contributed by atoms with E-state index in [0.29, 0.717) is 19.4 Å². The van der Waals surface area contributed by atoms with Gasteiger partial charge in [-0.05, 0) is 108 Å². The summed E-state index contributed by atoms with van der Waals surface area (Å²) in [5, 5.41) is 97.5. The Morgan fingerprint density at radius 1 is 0.302 bits per heavy atom. The summed E-state index contributed by atoms with van der Waals surface area (Å²) in [6, 6.07) is 7.94. The van der Waals surface area contributed by atoms with Crippen molar-refractivity contribution in [3.63, 3.8) is 0 Å². The zero-order valence-electron chi connectivity index (χ0n) is 48.6. The average Bonchev–Trinajstić information content (AvgIpc) is 2.38. The molecule has 0 bridgehead atoms. The Morgan fingerprint density at radius 3 is 0.733 bits per heavy atom. The maximum atomic E-state index is 14.3. The van der Waals surface area contributed by atoms with Crippen LogP contribution in [0.1, 0.15) is 187 Å². The van der Waals surface area contributed by atoms with Gasteiger partial charge in [0.25, 0.3) is 0 Å². The van der Waals surface area contributed by atoms with Crippen molar-refractivity contribution in [1.82, 2.24) is 21.3 Å². The number of carboxylic acids is 9. The van der Waals surface area contributed by atoms with Gasteiger partial charge in [0, 0.05) is 136 Å². The molecule has 0 saturated heterocycles. The molecule has 0 radical (unpaired) electrons. The normalized spacial score (nSPS) is 11.6. The second kappa shape index (κ2) is 37.0. The molecule has 0 aliphatic rings. The number of carboxylic acid groups (broad SMARTS) is 9. The van der Waals surface area contributed by atoms with Crippen molar-refractivity contribution in [2.24, 2.45) is 0 Å². The number of aliphatic carboxylic acids is 9. The summed E-state index contributed by atoms with van der Waals surface area (Å²) >= 11 is 0. The van der Waals surface area contributed by atoms with E-state index in [9.17, 15) is 108 Å². The first-order chi connectivity index (χ1) is 40.4. The van der Waals surface area contributed by atoms with E-state index in [1.54, 1.807) is 0 Å². The van der Waals surface area contributed by atoms with E-state index in [1.807, 2.05) is 65.1 Å². The number of rotatable bonds is 48. The van der Waals surface area contributed by atoms with Gasteiger partial charge in [-0.15, -0.1) is 0 Å². The summed E-state index contributed by atoms with van der Waals surface area (Å²) in [7, 11) is 0. The van der Waals surface area contributed by atoms with Crippen LogP contribution in [-0.4, -0.2) is 145 Å². The molecule has 28 heteroatoms. The van der Waals surface area contributed by atoms with Crippen LogP contribution >= 0.6 is 0 Å². The summed E-state index contributed by atoms with van der Waals surface area (Å²) in [5.41, 5.74) is -5.00. The Balaban J connectivity index is 2.76. The lowest BCUT2D eigenvalue weighted by molar-refractivity contribution is -0.697. The first-order valence-corrected chi connectivity index (χ1v) is 28.6. The van der Waals surface area contributed by atoms with E-state index in [4.69, 9.17) is 0 Å². The quantitative estimate of drug-likeness (QED) is 0.0328. The van der Waals surface area contributed by atoms with Gasteiger partial charge in [0.1, 0.15) is 13.1 Å². The maximum Gasteiger partial charge on any atom is 0.303 e. The fraction of sp³-hybridized carbons (Fsp3) is 0.603. The molecule has 0 spiro atoms. The molecule has 2 aromatic rings. The van der Waals surface area contributed by atoms with Gasteiger partial charge in [-0.2, -0.15) is 0 Å². The minimum absolute atomic E-state index is 0.171. The highest BCUT2D eigenvalue weighted by Crippen LogP contribution is 2.33. The molecule has 476 valence electrons. The highest BCUT2D eigenvalue weighted by molar-refractivity contribution is 5.82. The number of hydrogen-bond donors (Lipinski definition) is 13. The SMILES string of the molecule is CC[n+]1ccc(-c2cc[n+](CCCCCC(=O)NC(CCC(=O)NC(CCC(=O)O)(CCC(=O)O)CCC(=O)O)(CCC(=O)NC(CCC(=O)O)(CCC(=O)O)CCC(=O)O)CCC(=O)NC(CCC(=O)O)(CCC(=O)O)CCC(=O)O)cc2)cc1. The molecule has 0 saturated carbocycles. The summed E-state index contributed by atoms with van der Waals surface area (Å²) < 4.78 is 3.99. The standard InChI is InChI=1S/C58H82N6O22/c1-2-63-36-19-40(20-37-63)41-21-38-64(39-22-41)35-5-3-4-6-42(65)59-55(23-7-43(66)60-56(26-10-46(69)70,27-11-47(71)72)28-12-48(73)74,24-8-44(67)61-57(29-13-49(75)76,30-14-50(77)78)31-15-51(79)80)25-9-45(68)62-58(32-16-52(81)82,33-17-53(83)84)34-18-54(85)86/h19-22,36-39H,2-18,23-35H2,1H3,(H11-2,59,60,61,62,65,66,67,68,69,70,71,72,73,74,75,76,77,78,79,80,81,82,83,84,85,86)/p+2. The lowest BCUT2D eigenvalue weighted by Gasteiger charge is -2.39. The van der Waals surface area contributed by atoms with Crippen LogP contribution in [0.5, 0.6) is 0 Å². The Labute approximate surface area is 496 Å². The minimum Gasteiger partial charge on any atom is -0.481 e. The van der Waals surface area contributed by atoms with Gasteiger partial charge in [-0.1, -0.05) is 0 Å². The first kappa shape index (κ1) is 73.5. The van der Waals surface area contributed by atoms with Crippen molar-refractivity contribution in [3.8, 4) is 11.1 Å².